The normalized spacial score (nSPS) is 40.5. The summed E-state index contributed by atoms with van der Waals surface area (Å²) in [5.41, 5.74) is 0. The van der Waals surface area contributed by atoms with Gasteiger partial charge >= 0.3 is 0 Å². The molecule has 0 radical (unpaired) electrons. The minimum Gasteiger partial charge on any atom is -0.324 e. The molecule has 0 saturated carbocycles. The highest BCUT2D eigenvalue weighted by molar-refractivity contribution is 4.64. The van der Waals surface area contributed by atoms with Gasteiger partial charge < -0.3 is 4.48 Å². The molecule has 1 unspecified atom stereocenters. The van der Waals surface area contributed by atoms with Gasteiger partial charge in [0.25, 0.3) is 0 Å². The monoisotopic (exact) mass is 142 g/mol. The third-order valence-corrected chi connectivity index (χ3v) is 3.28. The summed E-state index contributed by atoms with van der Waals surface area (Å²) in [7, 11) is 2.40. The zero-order valence-corrected chi connectivity index (χ0v) is 7.56. The van der Waals surface area contributed by atoms with E-state index in [1.54, 1.807) is 0 Å². The summed E-state index contributed by atoms with van der Waals surface area (Å²) in [5, 5.41) is 0. The molecule has 1 aliphatic rings. The van der Waals surface area contributed by atoms with Crippen LogP contribution in [0.1, 0.15) is 33.1 Å². The first kappa shape index (κ1) is 8.06. The molecule has 1 saturated heterocycles. The van der Waals surface area contributed by atoms with Gasteiger partial charge in [0.05, 0.1) is 26.2 Å². The van der Waals surface area contributed by atoms with E-state index >= 15 is 0 Å². The zero-order valence-electron chi connectivity index (χ0n) is 7.56. The van der Waals surface area contributed by atoms with Crippen LogP contribution in [0.5, 0.6) is 0 Å². The van der Waals surface area contributed by atoms with Crippen molar-refractivity contribution in [2.45, 2.75) is 39.2 Å². The first-order valence-electron chi connectivity index (χ1n) is 4.57. The fourth-order valence-corrected chi connectivity index (χ4v) is 2.24. The third kappa shape index (κ3) is 1.20. The number of hydrogen-bond acceptors (Lipinski definition) is 0. The molecule has 1 aliphatic heterocycles. The topological polar surface area (TPSA) is 0 Å². The Bertz CT molecular complexity index is 111. The lowest BCUT2D eigenvalue weighted by atomic mass is 10.1. The van der Waals surface area contributed by atoms with Crippen LogP contribution in [0.15, 0.2) is 0 Å². The van der Waals surface area contributed by atoms with Crippen molar-refractivity contribution in [1.82, 2.24) is 0 Å². The van der Waals surface area contributed by atoms with E-state index in [9.17, 15) is 0 Å². The predicted octanol–water partition coefficient (Wildman–Crippen LogP) is 2.03. The SMILES string of the molecule is CC[C@@H]1CCC[N+]1(C)CC. The number of rotatable bonds is 2. The van der Waals surface area contributed by atoms with Crippen molar-refractivity contribution in [2.24, 2.45) is 0 Å². The Kier molecular flexibility index (Phi) is 2.35. The van der Waals surface area contributed by atoms with E-state index in [0.717, 1.165) is 6.04 Å². The lowest BCUT2D eigenvalue weighted by molar-refractivity contribution is -0.919. The van der Waals surface area contributed by atoms with Gasteiger partial charge in [0.2, 0.25) is 0 Å². The number of nitrogens with zero attached hydrogens (tertiary/aromatic N) is 1. The molecule has 0 aromatic carbocycles. The van der Waals surface area contributed by atoms with Gasteiger partial charge in [0.15, 0.2) is 0 Å². The second-order valence-electron chi connectivity index (χ2n) is 3.72. The lowest BCUT2D eigenvalue weighted by Crippen LogP contribution is -2.47. The van der Waals surface area contributed by atoms with E-state index in [4.69, 9.17) is 0 Å². The van der Waals surface area contributed by atoms with Gasteiger partial charge in [-0.2, -0.15) is 0 Å². The van der Waals surface area contributed by atoms with Gasteiger partial charge in [-0.3, -0.25) is 0 Å². The average Bonchev–Trinajstić information content (AvgIpc) is 2.32. The smallest absolute Gasteiger partial charge is 0.0887 e. The molecule has 0 aromatic rings. The quantitative estimate of drug-likeness (QED) is 0.517. The summed E-state index contributed by atoms with van der Waals surface area (Å²) >= 11 is 0. The highest BCUT2D eigenvalue weighted by Crippen LogP contribution is 2.26. The Morgan fingerprint density at radius 1 is 1.40 bits per heavy atom. The lowest BCUT2D eigenvalue weighted by Gasteiger charge is -2.34. The van der Waals surface area contributed by atoms with Crippen LogP contribution in [-0.4, -0.2) is 30.7 Å². The van der Waals surface area contributed by atoms with Crippen LogP contribution in [0.3, 0.4) is 0 Å². The van der Waals surface area contributed by atoms with E-state index < -0.39 is 0 Å². The van der Waals surface area contributed by atoms with E-state index in [2.05, 4.69) is 20.9 Å². The molecule has 0 aromatic heterocycles. The molecule has 2 atom stereocenters. The summed E-state index contributed by atoms with van der Waals surface area (Å²) in [6.45, 7) is 7.36. The highest BCUT2D eigenvalue weighted by Gasteiger charge is 2.34. The molecule has 1 rings (SSSR count). The van der Waals surface area contributed by atoms with Crippen LogP contribution < -0.4 is 0 Å². The van der Waals surface area contributed by atoms with Crippen LogP contribution >= 0.6 is 0 Å². The predicted molar refractivity (Wildman–Crippen MR) is 44.9 cm³/mol. The molecule has 10 heavy (non-hydrogen) atoms. The van der Waals surface area contributed by atoms with Gasteiger partial charge in [-0.15, -0.1) is 0 Å². The molecule has 0 aliphatic carbocycles. The second kappa shape index (κ2) is 2.91. The van der Waals surface area contributed by atoms with Crippen molar-refractivity contribution in [3.05, 3.63) is 0 Å². The van der Waals surface area contributed by atoms with Gasteiger partial charge in [0.1, 0.15) is 0 Å². The fourth-order valence-electron chi connectivity index (χ4n) is 2.24. The standard InChI is InChI=1S/C9H20N/c1-4-9-7-6-8-10(9,3)5-2/h9H,4-8H2,1-3H3/q+1/t9-,10?/m1/s1. The molecule has 1 fully saturated rings. The Balaban J connectivity index is 2.56. The summed E-state index contributed by atoms with van der Waals surface area (Å²) in [6.07, 6.45) is 4.27. The Hall–Kier alpha value is -0.0400. The first-order chi connectivity index (χ1) is 4.73. The summed E-state index contributed by atoms with van der Waals surface area (Å²) in [6, 6.07) is 0.963. The first-order valence-corrected chi connectivity index (χ1v) is 4.57. The molecule has 1 heteroatoms. The van der Waals surface area contributed by atoms with E-state index in [1.165, 1.54) is 36.8 Å². The molecule has 0 amide bonds. The van der Waals surface area contributed by atoms with Gasteiger partial charge in [0, 0.05) is 12.8 Å². The highest BCUT2D eigenvalue weighted by atomic mass is 15.4. The second-order valence-corrected chi connectivity index (χ2v) is 3.72. The fraction of sp³-hybridized carbons (Fsp3) is 1.00. The average molecular weight is 142 g/mol. The van der Waals surface area contributed by atoms with Gasteiger partial charge in [-0.05, 0) is 13.3 Å². The Morgan fingerprint density at radius 2 is 2.10 bits per heavy atom. The van der Waals surface area contributed by atoms with Crippen LogP contribution in [0.25, 0.3) is 0 Å². The molecule has 0 bridgehead atoms. The molecular formula is C9H20N+. The number of hydrogen-bond donors (Lipinski definition) is 0. The van der Waals surface area contributed by atoms with E-state index in [0.29, 0.717) is 0 Å². The number of quaternary nitrogens is 1. The van der Waals surface area contributed by atoms with Crippen molar-refractivity contribution in [1.29, 1.82) is 0 Å². The molecule has 0 spiro atoms. The maximum absolute atomic E-state index is 2.40. The van der Waals surface area contributed by atoms with Crippen molar-refractivity contribution in [2.75, 3.05) is 20.1 Å². The molecular weight excluding hydrogens is 122 g/mol. The molecule has 1 heterocycles. The van der Waals surface area contributed by atoms with Crippen molar-refractivity contribution >= 4 is 0 Å². The maximum Gasteiger partial charge on any atom is 0.0887 e. The molecule has 0 N–H and O–H groups in total. The number of likely N-dealkylation sites (tertiary alicyclic amines) is 1. The zero-order chi connectivity index (χ0) is 7.61. The largest absolute Gasteiger partial charge is 0.324 e. The maximum atomic E-state index is 2.40. The van der Waals surface area contributed by atoms with Gasteiger partial charge in [-0.25, -0.2) is 0 Å². The van der Waals surface area contributed by atoms with Crippen LogP contribution in [0.4, 0.5) is 0 Å². The third-order valence-electron chi connectivity index (χ3n) is 3.28. The minimum absolute atomic E-state index is 0.963. The van der Waals surface area contributed by atoms with Crippen LogP contribution in [0, 0.1) is 0 Å². The minimum atomic E-state index is 0.963. The summed E-state index contributed by atoms with van der Waals surface area (Å²) in [4.78, 5) is 0. The van der Waals surface area contributed by atoms with E-state index in [1.807, 2.05) is 0 Å². The summed E-state index contributed by atoms with van der Waals surface area (Å²) < 4.78 is 1.33. The van der Waals surface area contributed by atoms with Crippen molar-refractivity contribution in [3.8, 4) is 0 Å². The van der Waals surface area contributed by atoms with Crippen molar-refractivity contribution in [3.63, 3.8) is 0 Å². The molecule has 60 valence electrons. The van der Waals surface area contributed by atoms with Gasteiger partial charge in [-0.1, -0.05) is 6.92 Å². The van der Waals surface area contributed by atoms with Crippen LogP contribution in [-0.2, 0) is 0 Å². The van der Waals surface area contributed by atoms with E-state index in [-0.39, 0.29) is 0 Å². The van der Waals surface area contributed by atoms with Crippen molar-refractivity contribution < 1.29 is 4.48 Å². The molecule has 1 nitrogen and oxygen atoms in total. The Morgan fingerprint density at radius 3 is 2.50 bits per heavy atom. The van der Waals surface area contributed by atoms with Crippen LogP contribution in [0.2, 0.25) is 0 Å². The Labute approximate surface area is 64.6 Å². The summed E-state index contributed by atoms with van der Waals surface area (Å²) in [5.74, 6) is 0.